The third-order valence-electron chi connectivity index (χ3n) is 2.64. The number of alkyl halides is 3. The van der Waals surface area contributed by atoms with Crippen LogP contribution in [0, 0.1) is 5.41 Å². The van der Waals surface area contributed by atoms with Gasteiger partial charge in [-0.15, -0.1) is 35.3 Å². The van der Waals surface area contributed by atoms with Gasteiger partial charge in [0.1, 0.15) is 5.01 Å². The minimum Gasteiger partial charge on any atom is -0.356 e. The van der Waals surface area contributed by atoms with Crippen molar-refractivity contribution in [3.8, 4) is 0 Å². The average molecular weight is 450 g/mol. The van der Waals surface area contributed by atoms with Gasteiger partial charge in [0.05, 0.1) is 6.54 Å². The first-order valence-electron chi connectivity index (χ1n) is 6.58. The molecule has 128 valence electrons. The van der Waals surface area contributed by atoms with Crippen LogP contribution in [0.5, 0.6) is 0 Å². The Morgan fingerprint density at radius 2 is 1.91 bits per heavy atom. The number of aliphatic imine (C=N–C) groups is 1. The maximum absolute atomic E-state index is 12.4. The van der Waals surface area contributed by atoms with Gasteiger partial charge in [0.15, 0.2) is 11.7 Å². The molecule has 0 aliphatic carbocycles. The molecule has 1 heterocycles. The van der Waals surface area contributed by atoms with Crippen molar-refractivity contribution in [2.24, 2.45) is 10.4 Å². The fourth-order valence-corrected chi connectivity index (χ4v) is 2.20. The number of hydrogen-bond acceptors (Lipinski definition) is 3. The molecule has 1 rings (SSSR count). The highest BCUT2D eigenvalue weighted by Gasteiger charge is 2.33. The Morgan fingerprint density at radius 3 is 2.36 bits per heavy atom. The average Bonchev–Trinajstić information content (AvgIpc) is 2.80. The van der Waals surface area contributed by atoms with Gasteiger partial charge in [0.2, 0.25) is 0 Å². The van der Waals surface area contributed by atoms with Gasteiger partial charge in [-0.1, -0.05) is 20.8 Å². The third-order valence-corrected chi connectivity index (χ3v) is 3.49. The summed E-state index contributed by atoms with van der Waals surface area (Å²) in [6.45, 7) is 7.38. The predicted octanol–water partition coefficient (Wildman–Crippen LogP) is 3.88. The summed E-state index contributed by atoms with van der Waals surface area (Å²) in [5.74, 6) is 0.558. The first-order valence-corrected chi connectivity index (χ1v) is 7.46. The summed E-state index contributed by atoms with van der Waals surface area (Å²) in [6.07, 6.45) is -3.43. The van der Waals surface area contributed by atoms with E-state index in [1.807, 2.05) is 0 Å². The SMILES string of the molecule is CN=C(NCCC(C)(C)C)NCc1nc(C(F)(F)F)cs1.I. The maximum Gasteiger partial charge on any atom is 0.434 e. The molecule has 0 unspecified atom stereocenters. The lowest BCUT2D eigenvalue weighted by molar-refractivity contribution is -0.140. The second kappa shape index (κ2) is 8.90. The van der Waals surface area contributed by atoms with Crippen LogP contribution >= 0.6 is 35.3 Å². The Kier molecular flexibility index (Phi) is 8.66. The largest absolute Gasteiger partial charge is 0.434 e. The fraction of sp³-hybridized carbons (Fsp3) is 0.692. The van der Waals surface area contributed by atoms with Crippen molar-refractivity contribution in [3.63, 3.8) is 0 Å². The topological polar surface area (TPSA) is 49.3 Å². The summed E-state index contributed by atoms with van der Waals surface area (Å²) in [5.41, 5.74) is -0.636. The molecule has 0 aliphatic rings. The number of rotatable bonds is 4. The normalized spacial score (nSPS) is 12.8. The number of hydrogen-bond donors (Lipinski definition) is 2. The van der Waals surface area contributed by atoms with Crippen molar-refractivity contribution in [1.82, 2.24) is 15.6 Å². The molecule has 0 atom stereocenters. The van der Waals surface area contributed by atoms with Crippen molar-refractivity contribution >= 4 is 41.3 Å². The quantitative estimate of drug-likeness (QED) is 0.416. The van der Waals surface area contributed by atoms with Crippen LogP contribution in [-0.2, 0) is 12.7 Å². The van der Waals surface area contributed by atoms with E-state index in [9.17, 15) is 13.2 Å². The van der Waals surface area contributed by atoms with Crippen molar-refractivity contribution in [2.45, 2.75) is 39.9 Å². The van der Waals surface area contributed by atoms with Gasteiger partial charge in [-0.2, -0.15) is 13.2 Å². The van der Waals surface area contributed by atoms with E-state index in [1.54, 1.807) is 7.05 Å². The van der Waals surface area contributed by atoms with Crippen LogP contribution in [0.2, 0.25) is 0 Å². The van der Waals surface area contributed by atoms with Crippen LogP contribution in [0.1, 0.15) is 37.9 Å². The zero-order valence-corrected chi connectivity index (χ0v) is 16.2. The molecular formula is C13H22F3IN4S. The second-order valence-corrected chi connectivity index (χ2v) is 6.73. The van der Waals surface area contributed by atoms with Gasteiger partial charge in [-0.05, 0) is 11.8 Å². The Bertz CT molecular complexity index is 480. The lowest BCUT2D eigenvalue weighted by Gasteiger charge is -2.19. The Balaban J connectivity index is 0.00000441. The number of nitrogens with one attached hydrogen (secondary N) is 2. The summed E-state index contributed by atoms with van der Waals surface area (Å²) >= 11 is 0.981. The molecule has 4 nitrogen and oxygen atoms in total. The van der Waals surface area contributed by atoms with Gasteiger partial charge in [-0.3, -0.25) is 4.99 Å². The fourth-order valence-electron chi connectivity index (χ4n) is 1.46. The molecule has 0 saturated heterocycles. The van der Waals surface area contributed by atoms with E-state index in [0.717, 1.165) is 29.7 Å². The molecule has 0 bridgehead atoms. The highest BCUT2D eigenvalue weighted by molar-refractivity contribution is 14.0. The number of guanidine groups is 1. The van der Waals surface area contributed by atoms with Crippen LogP contribution in [0.25, 0.3) is 0 Å². The van der Waals surface area contributed by atoms with Gasteiger partial charge in [-0.25, -0.2) is 4.98 Å². The number of halogens is 4. The van der Waals surface area contributed by atoms with Gasteiger partial charge >= 0.3 is 6.18 Å². The Hall–Kier alpha value is -0.580. The van der Waals surface area contributed by atoms with E-state index in [-0.39, 0.29) is 35.9 Å². The molecule has 0 aromatic carbocycles. The molecule has 1 aromatic heterocycles. The van der Waals surface area contributed by atoms with Crippen LogP contribution in [0.3, 0.4) is 0 Å². The van der Waals surface area contributed by atoms with Crippen LogP contribution in [0.4, 0.5) is 13.2 Å². The van der Waals surface area contributed by atoms with Crippen molar-refractivity contribution in [3.05, 3.63) is 16.1 Å². The molecule has 2 N–H and O–H groups in total. The second-order valence-electron chi connectivity index (χ2n) is 5.79. The van der Waals surface area contributed by atoms with Gasteiger partial charge < -0.3 is 10.6 Å². The summed E-state index contributed by atoms with van der Waals surface area (Å²) in [5, 5.41) is 7.48. The zero-order valence-electron chi connectivity index (χ0n) is 13.0. The zero-order chi connectivity index (χ0) is 16.1. The molecule has 0 saturated carbocycles. The Labute approximate surface area is 150 Å². The van der Waals surface area contributed by atoms with Gasteiger partial charge in [0.25, 0.3) is 0 Å². The first kappa shape index (κ1) is 21.4. The standard InChI is InChI=1S/C13H21F3N4S.HI/c1-12(2,3)5-6-18-11(17-4)19-7-10-20-9(8-21-10)13(14,15)16;/h8H,5-7H2,1-4H3,(H2,17,18,19);1H. The smallest absolute Gasteiger partial charge is 0.356 e. The molecule has 0 spiro atoms. The van der Waals surface area contributed by atoms with Gasteiger partial charge in [0, 0.05) is 19.0 Å². The molecule has 0 aliphatic heterocycles. The lowest BCUT2D eigenvalue weighted by Crippen LogP contribution is -2.38. The summed E-state index contributed by atoms with van der Waals surface area (Å²) in [7, 11) is 1.62. The van der Waals surface area contributed by atoms with Crippen molar-refractivity contribution in [1.29, 1.82) is 0 Å². The van der Waals surface area contributed by atoms with E-state index in [0.29, 0.717) is 11.0 Å². The van der Waals surface area contributed by atoms with E-state index >= 15 is 0 Å². The third kappa shape index (κ3) is 8.16. The molecule has 0 radical (unpaired) electrons. The Morgan fingerprint density at radius 1 is 1.27 bits per heavy atom. The summed E-state index contributed by atoms with van der Waals surface area (Å²) in [4.78, 5) is 7.58. The summed E-state index contributed by atoms with van der Waals surface area (Å²) < 4.78 is 37.3. The van der Waals surface area contributed by atoms with E-state index in [1.165, 1.54) is 0 Å². The van der Waals surface area contributed by atoms with Crippen molar-refractivity contribution < 1.29 is 13.2 Å². The van der Waals surface area contributed by atoms with Crippen LogP contribution in [0.15, 0.2) is 10.4 Å². The van der Waals surface area contributed by atoms with E-state index in [4.69, 9.17) is 0 Å². The molecule has 9 heteroatoms. The van der Waals surface area contributed by atoms with E-state index < -0.39 is 11.9 Å². The highest BCUT2D eigenvalue weighted by atomic mass is 127. The summed E-state index contributed by atoms with van der Waals surface area (Å²) in [6, 6.07) is 0. The number of aromatic nitrogens is 1. The van der Waals surface area contributed by atoms with Crippen molar-refractivity contribution in [2.75, 3.05) is 13.6 Å². The van der Waals surface area contributed by atoms with Crippen LogP contribution in [-0.4, -0.2) is 24.5 Å². The number of nitrogens with zero attached hydrogens (tertiary/aromatic N) is 2. The lowest BCUT2D eigenvalue weighted by atomic mass is 9.92. The molecule has 1 aromatic rings. The van der Waals surface area contributed by atoms with E-state index in [2.05, 4.69) is 41.4 Å². The molecule has 0 amide bonds. The minimum absolute atomic E-state index is 0. The number of thiazole rings is 1. The maximum atomic E-state index is 12.4. The molecular weight excluding hydrogens is 428 g/mol. The predicted molar refractivity (Wildman–Crippen MR) is 94.8 cm³/mol. The molecule has 22 heavy (non-hydrogen) atoms. The molecule has 0 fully saturated rings. The monoisotopic (exact) mass is 450 g/mol. The highest BCUT2D eigenvalue weighted by Crippen LogP contribution is 2.29. The first-order chi connectivity index (χ1) is 9.62. The minimum atomic E-state index is -4.39. The van der Waals surface area contributed by atoms with Crippen LogP contribution < -0.4 is 10.6 Å².